The molecule has 2 heterocycles. The number of halogens is 1. The molecule has 0 radical (unpaired) electrons. The van der Waals surface area contributed by atoms with Gasteiger partial charge in [0, 0.05) is 11.8 Å². The summed E-state index contributed by atoms with van der Waals surface area (Å²) in [6, 6.07) is 27.6. The fraction of sp³-hybridized carbons (Fsp3) is 0.100. The van der Waals surface area contributed by atoms with Gasteiger partial charge in [-0.25, -0.2) is 14.8 Å². The lowest BCUT2D eigenvalue weighted by atomic mass is 10.0. The molecule has 3 aromatic carbocycles. The van der Waals surface area contributed by atoms with Crippen LogP contribution in [-0.2, 0) is 11.4 Å². The number of aliphatic carboxylic acids is 1. The Labute approximate surface area is 229 Å². The van der Waals surface area contributed by atoms with E-state index in [0.717, 1.165) is 43.4 Å². The van der Waals surface area contributed by atoms with Gasteiger partial charge in [-0.2, -0.15) is 0 Å². The second-order valence-electron chi connectivity index (χ2n) is 8.50. The zero-order chi connectivity index (χ0) is 26.5. The predicted octanol–water partition coefficient (Wildman–Crippen LogP) is 7.54. The number of nitrogens with zero attached hydrogens (tertiary/aromatic N) is 2. The molecular formula is C30H23ClN2O4S. The van der Waals surface area contributed by atoms with E-state index in [1.807, 2.05) is 37.3 Å². The molecule has 0 aliphatic carbocycles. The fourth-order valence-corrected chi connectivity index (χ4v) is 5.05. The summed E-state index contributed by atoms with van der Waals surface area (Å²) in [6.45, 7) is 1.73. The monoisotopic (exact) mass is 542 g/mol. The molecule has 2 aromatic heterocycles. The van der Waals surface area contributed by atoms with Crippen molar-refractivity contribution in [3.8, 4) is 44.3 Å². The molecule has 0 spiro atoms. The molecular weight excluding hydrogens is 520 g/mol. The van der Waals surface area contributed by atoms with E-state index in [1.165, 1.54) is 0 Å². The van der Waals surface area contributed by atoms with E-state index < -0.39 is 12.6 Å². The van der Waals surface area contributed by atoms with Crippen molar-refractivity contribution in [1.82, 2.24) is 9.97 Å². The number of hydrogen-bond acceptors (Lipinski definition) is 6. The number of hydrogen-bond donors (Lipinski definition) is 1. The zero-order valence-electron chi connectivity index (χ0n) is 20.4. The molecule has 5 rings (SSSR count). The van der Waals surface area contributed by atoms with E-state index in [4.69, 9.17) is 31.2 Å². The SMILES string of the molecule is Cc1cc(OCc2nc(-c3ccc(Cl)nc3)c(-c3ccc(-c4ccccc4)cc3)s2)ccc1OCC(=O)O. The van der Waals surface area contributed by atoms with Crippen LogP contribution < -0.4 is 9.47 Å². The van der Waals surface area contributed by atoms with Crippen molar-refractivity contribution in [3.05, 3.63) is 107 Å². The lowest BCUT2D eigenvalue weighted by Gasteiger charge is -2.09. The number of aromatic nitrogens is 2. The third-order valence-electron chi connectivity index (χ3n) is 5.79. The minimum atomic E-state index is -1.02. The van der Waals surface area contributed by atoms with Crippen molar-refractivity contribution in [3.63, 3.8) is 0 Å². The number of carboxylic acids is 1. The first-order valence-electron chi connectivity index (χ1n) is 11.8. The normalized spacial score (nSPS) is 10.8. The molecule has 8 heteroatoms. The van der Waals surface area contributed by atoms with Gasteiger partial charge in [-0.3, -0.25) is 0 Å². The maximum absolute atomic E-state index is 10.8. The summed E-state index contributed by atoms with van der Waals surface area (Å²) >= 11 is 7.59. The van der Waals surface area contributed by atoms with Gasteiger partial charge in [0.05, 0.1) is 10.6 Å². The number of aryl methyl sites for hydroxylation is 1. The van der Waals surface area contributed by atoms with E-state index in [-0.39, 0.29) is 6.61 Å². The molecule has 1 N–H and O–H groups in total. The van der Waals surface area contributed by atoms with Crippen LogP contribution in [0.4, 0.5) is 0 Å². The predicted molar refractivity (Wildman–Crippen MR) is 150 cm³/mol. The van der Waals surface area contributed by atoms with Crippen LogP contribution in [0, 0.1) is 6.92 Å². The van der Waals surface area contributed by atoms with Gasteiger partial charge in [0.25, 0.3) is 0 Å². The maximum atomic E-state index is 10.8. The maximum Gasteiger partial charge on any atom is 0.341 e. The fourth-order valence-electron chi connectivity index (χ4n) is 3.94. The van der Waals surface area contributed by atoms with Crippen LogP contribution in [0.5, 0.6) is 11.5 Å². The number of carboxylic acid groups (broad SMARTS) is 1. The molecule has 0 aliphatic heterocycles. The molecule has 0 fully saturated rings. The summed E-state index contributed by atoms with van der Waals surface area (Å²) in [6.07, 6.45) is 1.73. The Morgan fingerprint density at radius 3 is 2.29 bits per heavy atom. The first-order chi connectivity index (χ1) is 18.5. The molecule has 0 amide bonds. The largest absolute Gasteiger partial charge is 0.486 e. The van der Waals surface area contributed by atoms with Gasteiger partial charge in [0.15, 0.2) is 6.61 Å². The standard InChI is InChI=1S/C30H23ClN2O4S/c1-19-15-24(12-13-25(19)37-18-28(34)35)36-17-27-33-29(23-11-14-26(31)32-16-23)30(38-27)22-9-7-21(8-10-22)20-5-3-2-4-6-20/h2-16H,17-18H2,1H3,(H,34,35). The second-order valence-corrected chi connectivity index (χ2v) is 9.97. The highest BCUT2D eigenvalue weighted by molar-refractivity contribution is 7.15. The Morgan fingerprint density at radius 1 is 0.895 bits per heavy atom. The van der Waals surface area contributed by atoms with Crippen LogP contribution in [0.15, 0.2) is 91.1 Å². The van der Waals surface area contributed by atoms with Crippen molar-refractivity contribution >= 4 is 28.9 Å². The number of thiazole rings is 1. The number of carbonyl (C=O) groups is 1. The average Bonchev–Trinajstić information content (AvgIpc) is 3.36. The van der Waals surface area contributed by atoms with Crippen molar-refractivity contribution in [1.29, 1.82) is 0 Å². The molecule has 0 unspecified atom stereocenters. The van der Waals surface area contributed by atoms with Gasteiger partial charge >= 0.3 is 5.97 Å². The highest BCUT2D eigenvalue weighted by atomic mass is 35.5. The smallest absolute Gasteiger partial charge is 0.341 e. The van der Waals surface area contributed by atoms with Gasteiger partial charge in [-0.15, -0.1) is 11.3 Å². The van der Waals surface area contributed by atoms with E-state index in [9.17, 15) is 4.79 Å². The lowest BCUT2D eigenvalue weighted by Crippen LogP contribution is -2.10. The second kappa shape index (κ2) is 11.5. The molecule has 190 valence electrons. The summed E-state index contributed by atoms with van der Waals surface area (Å²) in [5, 5.41) is 10.1. The van der Waals surface area contributed by atoms with Crippen molar-refractivity contribution < 1.29 is 19.4 Å². The van der Waals surface area contributed by atoms with Crippen molar-refractivity contribution in [2.24, 2.45) is 0 Å². The summed E-state index contributed by atoms with van der Waals surface area (Å²) in [5.74, 6) is 0.127. The minimum absolute atomic E-state index is 0.273. The Bertz CT molecular complexity index is 1550. The summed E-state index contributed by atoms with van der Waals surface area (Å²) in [4.78, 5) is 20.9. The highest BCUT2D eigenvalue weighted by Gasteiger charge is 2.16. The van der Waals surface area contributed by atoms with Crippen LogP contribution in [-0.4, -0.2) is 27.7 Å². The molecule has 6 nitrogen and oxygen atoms in total. The topological polar surface area (TPSA) is 81.5 Å². The van der Waals surface area contributed by atoms with Gasteiger partial charge < -0.3 is 14.6 Å². The molecule has 38 heavy (non-hydrogen) atoms. The summed E-state index contributed by atoms with van der Waals surface area (Å²) in [5.41, 5.74) is 5.83. The van der Waals surface area contributed by atoms with Crippen LogP contribution in [0.2, 0.25) is 5.15 Å². The Hall–Kier alpha value is -4.20. The molecule has 0 saturated carbocycles. The first-order valence-corrected chi connectivity index (χ1v) is 13.0. The highest BCUT2D eigenvalue weighted by Crippen LogP contribution is 2.38. The van der Waals surface area contributed by atoms with Crippen molar-refractivity contribution in [2.45, 2.75) is 13.5 Å². The molecule has 0 bridgehead atoms. The van der Waals surface area contributed by atoms with Crippen LogP contribution in [0.1, 0.15) is 10.6 Å². The zero-order valence-corrected chi connectivity index (χ0v) is 22.0. The average molecular weight is 543 g/mol. The summed E-state index contributed by atoms with van der Waals surface area (Å²) < 4.78 is 11.3. The Kier molecular flexibility index (Phi) is 7.67. The quantitative estimate of drug-likeness (QED) is 0.194. The number of benzene rings is 3. The van der Waals surface area contributed by atoms with Crippen LogP contribution >= 0.6 is 22.9 Å². The van der Waals surface area contributed by atoms with E-state index in [2.05, 4.69) is 41.4 Å². The van der Waals surface area contributed by atoms with Crippen molar-refractivity contribution in [2.75, 3.05) is 6.61 Å². The van der Waals surface area contributed by atoms with E-state index in [1.54, 1.807) is 35.7 Å². The van der Waals surface area contributed by atoms with Gasteiger partial charge in [0.1, 0.15) is 28.3 Å². The number of rotatable bonds is 9. The van der Waals surface area contributed by atoms with Gasteiger partial charge in [0.2, 0.25) is 0 Å². The Morgan fingerprint density at radius 2 is 1.61 bits per heavy atom. The number of ether oxygens (including phenoxy) is 2. The lowest BCUT2D eigenvalue weighted by molar-refractivity contribution is -0.139. The minimum Gasteiger partial charge on any atom is -0.486 e. The van der Waals surface area contributed by atoms with Crippen LogP contribution in [0.3, 0.4) is 0 Å². The van der Waals surface area contributed by atoms with E-state index in [0.29, 0.717) is 16.7 Å². The molecule has 0 atom stereocenters. The van der Waals surface area contributed by atoms with Gasteiger partial charge in [-0.05, 0) is 59.5 Å². The molecule has 5 aromatic rings. The van der Waals surface area contributed by atoms with Crippen LogP contribution in [0.25, 0.3) is 32.8 Å². The molecule has 0 saturated heterocycles. The first kappa shape index (κ1) is 25.4. The third-order valence-corrected chi connectivity index (χ3v) is 7.09. The third kappa shape index (κ3) is 6.02. The number of pyridine rings is 1. The van der Waals surface area contributed by atoms with Gasteiger partial charge in [-0.1, -0.05) is 66.2 Å². The summed E-state index contributed by atoms with van der Waals surface area (Å²) in [7, 11) is 0. The molecule has 0 aliphatic rings. The van der Waals surface area contributed by atoms with E-state index >= 15 is 0 Å². The Balaban J connectivity index is 1.40.